The molecule has 4 rings (SSSR count). The molecule has 0 aliphatic carbocycles. The average molecular weight is 434 g/mol. The zero-order valence-electron chi connectivity index (χ0n) is 15.4. The van der Waals surface area contributed by atoms with Crippen LogP contribution in [0.15, 0.2) is 58.4 Å². The molecule has 0 bridgehead atoms. The molecular formula is C21H12ClN5O2S. The van der Waals surface area contributed by atoms with Gasteiger partial charge in [-0.2, -0.15) is 10.5 Å². The van der Waals surface area contributed by atoms with Gasteiger partial charge in [-0.25, -0.2) is 9.36 Å². The van der Waals surface area contributed by atoms with E-state index in [4.69, 9.17) is 16.9 Å². The van der Waals surface area contributed by atoms with Gasteiger partial charge in [0.2, 0.25) is 0 Å². The number of nitrogens with zero attached hydrogens (tertiary/aromatic N) is 5. The van der Waals surface area contributed by atoms with Gasteiger partial charge in [-0.1, -0.05) is 29.8 Å². The third kappa shape index (κ3) is 3.29. The van der Waals surface area contributed by atoms with Gasteiger partial charge in [0, 0.05) is 23.2 Å². The highest BCUT2D eigenvalue weighted by atomic mass is 35.5. The summed E-state index contributed by atoms with van der Waals surface area (Å²) in [5.74, 6) is 0. The number of rotatable bonds is 4. The minimum Gasteiger partial charge on any atom is -0.291 e. The van der Waals surface area contributed by atoms with Gasteiger partial charge in [-0.3, -0.25) is 14.3 Å². The van der Waals surface area contributed by atoms with Crippen molar-refractivity contribution in [3.63, 3.8) is 0 Å². The molecule has 0 N–H and O–H groups in total. The zero-order valence-corrected chi connectivity index (χ0v) is 16.9. The van der Waals surface area contributed by atoms with Crippen molar-refractivity contribution in [1.29, 1.82) is 10.5 Å². The molecule has 3 aromatic heterocycles. The number of hydrogen-bond donors (Lipinski definition) is 0. The largest absolute Gasteiger partial charge is 0.336 e. The van der Waals surface area contributed by atoms with Gasteiger partial charge in [0.25, 0.3) is 5.56 Å². The van der Waals surface area contributed by atoms with Gasteiger partial charge in [0.15, 0.2) is 0 Å². The average Bonchev–Trinajstić information content (AvgIpc) is 3.19. The maximum atomic E-state index is 13.2. The normalized spacial score (nSPS) is 10.6. The highest BCUT2D eigenvalue weighted by molar-refractivity contribution is 7.22. The van der Waals surface area contributed by atoms with Crippen LogP contribution in [0.3, 0.4) is 0 Å². The predicted octanol–water partition coefficient (Wildman–Crippen LogP) is 3.71. The topological polar surface area (TPSA) is 104 Å². The van der Waals surface area contributed by atoms with E-state index < -0.39 is 11.2 Å². The summed E-state index contributed by atoms with van der Waals surface area (Å²) in [6.45, 7) is 0.121. The quantitative estimate of drug-likeness (QED) is 0.487. The Bertz CT molecular complexity index is 1490. The van der Waals surface area contributed by atoms with Crippen molar-refractivity contribution < 1.29 is 0 Å². The Morgan fingerprint density at radius 2 is 1.93 bits per heavy atom. The van der Waals surface area contributed by atoms with E-state index in [9.17, 15) is 14.9 Å². The molecular weight excluding hydrogens is 422 g/mol. The number of nitriles is 2. The summed E-state index contributed by atoms with van der Waals surface area (Å²) in [5.41, 5.74) is 0.740. The van der Waals surface area contributed by atoms with Crippen LogP contribution in [0, 0.1) is 22.7 Å². The van der Waals surface area contributed by atoms with Crippen molar-refractivity contribution in [3.8, 4) is 28.3 Å². The summed E-state index contributed by atoms with van der Waals surface area (Å²) in [5, 5.41) is 18.7. The molecule has 0 saturated carbocycles. The van der Waals surface area contributed by atoms with Crippen molar-refractivity contribution >= 4 is 33.2 Å². The Morgan fingerprint density at radius 1 is 1.13 bits per heavy atom. The van der Waals surface area contributed by atoms with Crippen LogP contribution >= 0.6 is 22.9 Å². The summed E-state index contributed by atoms with van der Waals surface area (Å²) in [6, 6.07) is 14.4. The predicted molar refractivity (Wildman–Crippen MR) is 115 cm³/mol. The van der Waals surface area contributed by atoms with Crippen molar-refractivity contribution in [2.75, 3.05) is 0 Å². The first-order valence-corrected chi connectivity index (χ1v) is 10.0. The van der Waals surface area contributed by atoms with Gasteiger partial charge in [0.1, 0.15) is 4.70 Å². The van der Waals surface area contributed by atoms with E-state index in [1.807, 2.05) is 6.07 Å². The lowest BCUT2D eigenvalue weighted by atomic mass is 10.1. The molecule has 0 spiro atoms. The molecule has 9 heteroatoms. The minimum atomic E-state index is -0.579. The first kappa shape index (κ1) is 19.6. The van der Waals surface area contributed by atoms with Crippen molar-refractivity contribution in [3.05, 3.63) is 80.2 Å². The van der Waals surface area contributed by atoms with E-state index in [1.165, 1.54) is 34.4 Å². The van der Waals surface area contributed by atoms with E-state index in [1.54, 1.807) is 30.3 Å². The van der Waals surface area contributed by atoms with E-state index in [0.717, 1.165) is 4.57 Å². The first-order valence-electron chi connectivity index (χ1n) is 8.82. The van der Waals surface area contributed by atoms with Gasteiger partial charge in [-0.15, -0.1) is 11.3 Å². The van der Waals surface area contributed by atoms with Crippen LogP contribution in [0.4, 0.5) is 0 Å². The number of hydrogen-bond acceptors (Lipinski definition) is 6. The Hall–Kier alpha value is -3.72. The highest BCUT2D eigenvalue weighted by Gasteiger charge is 2.19. The monoisotopic (exact) mass is 433 g/mol. The Morgan fingerprint density at radius 3 is 2.67 bits per heavy atom. The molecule has 3 heterocycles. The Labute approximate surface area is 179 Å². The lowest BCUT2D eigenvalue weighted by Crippen LogP contribution is -2.38. The lowest BCUT2D eigenvalue weighted by Gasteiger charge is -2.10. The van der Waals surface area contributed by atoms with Crippen LogP contribution in [0.5, 0.6) is 0 Å². The van der Waals surface area contributed by atoms with E-state index in [-0.39, 0.29) is 23.7 Å². The molecule has 30 heavy (non-hydrogen) atoms. The third-order valence-corrected chi connectivity index (χ3v) is 5.88. The van der Waals surface area contributed by atoms with Crippen molar-refractivity contribution in [2.45, 2.75) is 13.0 Å². The molecule has 0 aliphatic rings. The van der Waals surface area contributed by atoms with Crippen molar-refractivity contribution in [2.24, 2.45) is 0 Å². The van der Waals surface area contributed by atoms with Crippen LogP contribution in [-0.2, 0) is 6.54 Å². The molecule has 0 atom stereocenters. The van der Waals surface area contributed by atoms with Crippen LogP contribution in [0.1, 0.15) is 12.0 Å². The van der Waals surface area contributed by atoms with Crippen LogP contribution in [-0.4, -0.2) is 14.1 Å². The van der Waals surface area contributed by atoms with Crippen LogP contribution in [0.25, 0.3) is 26.3 Å². The van der Waals surface area contributed by atoms with Gasteiger partial charge in [-0.05, 0) is 18.2 Å². The summed E-state index contributed by atoms with van der Waals surface area (Å²) in [4.78, 5) is 31.1. The van der Waals surface area contributed by atoms with Gasteiger partial charge >= 0.3 is 5.69 Å². The second kappa shape index (κ2) is 7.96. The fraction of sp³-hybridized carbons (Fsp3) is 0.0952. The molecule has 0 amide bonds. The summed E-state index contributed by atoms with van der Waals surface area (Å²) in [7, 11) is 0. The first-order chi connectivity index (χ1) is 14.5. The number of thiophene rings is 1. The smallest absolute Gasteiger partial charge is 0.291 e. The fourth-order valence-electron chi connectivity index (χ4n) is 3.20. The lowest BCUT2D eigenvalue weighted by molar-refractivity contribution is 0.662. The zero-order chi connectivity index (χ0) is 21.3. The molecule has 0 aliphatic heterocycles. The molecule has 0 radical (unpaired) electrons. The van der Waals surface area contributed by atoms with E-state index in [2.05, 4.69) is 11.1 Å². The van der Waals surface area contributed by atoms with Crippen molar-refractivity contribution in [1.82, 2.24) is 14.1 Å². The molecule has 0 saturated heterocycles. The number of aryl methyl sites for hydroxylation is 1. The SMILES string of the molecule is N#CCCn1c(=O)n(-c2cncc(Cl)c2)c(=O)c2sc(-c3ccccc3C#N)cc21. The molecule has 146 valence electrons. The Kier molecular flexibility index (Phi) is 5.20. The maximum Gasteiger partial charge on any atom is 0.336 e. The van der Waals surface area contributed by atoms with Gasteiger partial charge < -0.3 is 0 Å². The highest BCUT2D eigenvalue weighted by Crippen LogP contribution is 2.33. The van der Waals surface area contributed by atoms with E-state index >= 15 is 0 Å². The van der Waals surface area contributed by atoms with Gasteiger partial charge in [0.05, 0.1) is 46.5 Å². The maximum absolute atomic E-state index is 13.2. The van der Waals surface area contributed by atoms with Crippen LogP contribution < -0.4 is 11.2 Å². The number of halogens is 1. The molecule has 4 aromatic rings. The standard InChI is InChI=1S/C21H12ClN5O2S/c22-14-8-15(12-25-11-14)27-20(28)19-17(26(21(27)29)7-3-6-23)9-18(30-19)16-5-2-1-4-13(16)10-24/h1-2,4-5,8-9,11-12H,3,7H2. The molecule has 0 unspecified atom stereocenters. The second-order valence-electron chi connectivity index (χ2n) is 6.33. The molecule has 1 aromatic carbocycles. The number of aromatic nitrogens is 3. The third-order valence-electron chi connectivity index (χ3n) is 4.53. The number of benzene rings is 1. The van der Waals surface area contributed by atoms with Crippen LogP contribution in [0.2, 0.25) is 5.02 Å². The number of pyridine rings is 1. The minimum absolute atomic E-state index is 0.0982. The molecule has 0 fully saturated rings. The summed E-state index contributed by atoms with van der Waals surface area (Å²) < 4.78 is 2.75. The fourth-order valence-corrected chi connectivity index (χ4v) is 4.50. The summed E-state index contributed by atoms with van der Waals surface area (Å²) in [6.07, 6.45) is 2.89. The second-order valence-corrected chi connectivity index (χ2v) is 7.82. The Balaban J connectivity index is 2.07. The van der Waals surface area contributed by atoms with E-state index in [0.29, 0.717) is 26.2 Å². The number of fused-ring (bicyclic) bond motifs is 1. The summed E-state index contributed by atoms with van der Waals surface area (Å²) >= 11 is 7.20. The molecule has 7 nitrogen and oxygen atoms in total.